The molecule has 1 aliphatic rings. The Morgan fingerprint density at radius 1 is 0.727 bits per heavy atom. The van der Waals surface area contributed by atoms with E-state index in [-0.39, 0.29) is 0 Å². The molecule has 4 rings (SSSR count). The predicted octanol–water partition coefficient (Wildman–Crippen LogP) is 6.09. The van der Waals surface area contributed by atoms with Gasteiger partial charge in [-0.05, 0) is 58.5 Å². The molecule has 0 saturated carbocycles. The van der Waals surface area contributed by atoms with Gasteiger partial charge in [0.1, 0.15) is 0 Å². The average molecular weight is 415 g/mol. The van der Waals surface area contributed by atoms with E-state index in [0.29, 0.717) is 0 Å². The van der Waals surface area contributed by atoms with E-state index < -0.39 is 0 Å². The minimum atomic E-state index is 0.897. The summed E-state index contributed by atoms with van der Waals surface area (Å²) in [5.41, 5.74) is 3.95. The zero-order chi connectivity index (χ0) is 14.9. The van der Waals surface area contributed by atoms with E-state index in [2.05, 4.69) is 100 Å². The molecule has 0 unspecified atom stereocenters. The lowest BCUT2D eigenvalue weighted by Gasteiger charge is -2.33. The molecule has 0 fully saturated rings. The standard InChI is InChI=1S/C19H14INS/c20-15-8-2-1-7-14(15)13-21-16-9-3-5-11-18(16)22-19-12-6-4-10-17(19)21/h1-12H,13H2. The third-order valence-corrected chi connectivity index (χ3v) is 6.00. The van der Waals surface area contributed by atoms with Gasteiger partial charge in [-0.1, -0.05) is 54.2 Å². The maximum absolute atomic E-state index is 2.43. The summed E-state index contributed by atoms with van der Waals surface area (Å²) in [6.45, 7) is 0.897. The maximum Gasteiger partial charge on any atom is 0.0556 e. The fraction of sp³-hybridized carbons (Fsp3) is 0.0526. The number of benzene rings is 3. The van der Waals surface area contributed by atoms with E-state index in [4.69, 9.17) is 0 Å². The van der Waals surface area contributed by atoms with Gasteiger partial charge in [-0.3, -0.25) is 0 Å². The molecule has 3 aromatic rings. The topological polar surface area (TPSA) is 3.24 Å². The van der Waals surface area contributed by atoms with Crippen molar-refractivity contribution in [2.45, 2.75) is 16.3 Å². The highest BCUT2D eigenvalue weighted by atomic mass is 127. The zero-order valence-corrected chi connectivity index (χ0v) is 14.8. The Hall–Kier alpha value is -1.46. The summed E-state index contributed by atoms with van der Waals surface area (Å²) in [6, 6.07) is 25.9. The molecule has 3 aromatic carbocycles. The predicted molar refractivity (Wildman–Crippen MR) is 102 cm³/mol. The fourth-order valence-corrected chi connectivity index (χ4v) is 4.40. The van der Waals surface area contributed by atoms with Gasteiger partial charge in [0.05, 0.1) is 11.4 Å². The molecular weight excluding hydrogens is 401 g/mol. The van der Waals surface area contributed by atoms with Crippen LogP contribution < -0.4 is 4.90 Å². The van der Waals surface area contributed by atoms with Crippen LogP contribution in [0.2, 0.25) is 0 Å². The molecule has 0 atom stereocenters. The Labute approximate surface area is 148 Å². The van der Waals surface area contributed by atoms with Crippen LogP contribution in [0.3, 0.4) is 0 Å². The van der Waals surface area contributed by atoms with Crippen LogP contribution in [-0.2, 0) is 6.54 Å². The van der Waals surface area contributed by atoms with Gasteiger partial charge in [0.15, 0.2) is 0 Å². The fourth-order valence-electron chi connectivity index (χ4n) is 2.75. The zero-order valence-electron chi connectivity index (χ0n) is 11.9. The largest absolute Gasteiger partial charge is 0.335 e. The van der Waals surface area contributed by atoms with Gasteiger partial charge in [-0.15, -0.1) is 0 Å². The van der Waals surface area contributed by atoms with Crippen molar-refractivity contribution in [3.05, 3.63) is 81.9 Å². The van der Waals surface area contributed by atoms with E-state index in [0.717, 1.165) is 6.54 Å². The Morgan fingerprint density at radius 2 is 1.27 bits per heavy atom. The van der Waals surface area contributed by atoms with Crippen LogP contribution >= 0.6 is 34.4 Å². The van der Waals surface area contributed by atoms with Gasteiger partial charge in [-0.25, -0.2) is 0 Å². The average Bonchev–Trinajstić information content (AvgIpc) is 2.56. The Morgan fingerprint density at radius 3 is 1.91 bits per heavy atom. The van der Waals surface area contributed by atoms with E-state index >= 15 is 0 Å². The smallest absolute Gasteiger partial charge is 0.0556 e. The van der Waals surface area contributed by atoms with Gasteiger partial charge >= 0.3 is 0 Å². The number of halogens is 1. The SMILES string of the molecule is Ic1ccccc1CN1c2ccccc2Sc2ccccc21. The molecule has 22 heavy (non-hydrogen) atoms. The van der Waals surface area contributed by atoms with Gasteiger partial charge in [-0.2, -0.15) is 0 Å². The molecule has 0 saturated heterocycles. The first kappa shape index (κ1) is 14.2. The first-order valence-electron chi connectivity index (χ1n) is 7.20. The molecule has 3 heteroatoms. The van der Waals surface area contributed by atoms with E-state index in [9.17, 15) is 0 Å². The number of nitrogens with zero attached hydrogens (tertiary/aromatic N) is 1. The maximum atomic E-state index is 2.43. The molecule has 1 heterocycles. The van der Waals surface area contributed by atoms with Gasteiger partial charge in [0, 0.05) is 19.9 Å². The minimum Gasteiger partial charge on any atom is -0.335 e. The van der Waals surface area contributed by atoms with E-state index in [1.165, 1.54) is 30.3 Å². The summed E-state index contributed by atoms with van der Waals surface area (Å²) in [6.07, 6.45) is 0. The monoisotopic (exact) mass is 415 g/mol. The quantitative estimate of drug-likeness (QED) is 0.466. The van der Waals surface area contributed by atoms with Crippen LogP contribution in [0.25, 0.3) is 0 Å². The molecule has 1 nitrogen and oxygen atoms in total. The van der Waals surface area contributed by atoms with Gasteiger partial charge < -0.3 is 4.90 Å². The summed E-state index contributed by atoms with van der Waals surface area (Å²) in [7, 11) is 0. The molecule has 0 amide bonds. The highest BCUT2D eigenvalue weighted by molar-refractivity contribution is 14.1. The summed E-state index contributed by atoms with van der Waals surface area (Å²) >= 11 is 4.28. The number of anilines is 2. The number of hydrogen-bond acceptors (Lipinski definition) is 2. The van der Waals surface area contributed by atoms with Crippen molar-refractivity contribution in [1.29, 1.82) is 0 Å². The van der Waals surface area contributed by atoms with E-state index in [1.54, 1.807) is 0 Å². The van der Waals surface area contributed by atoms with Crippen LogP contribution in [0.4, 0.5) is 11.4 Å². The summed E-state index contributed by atoms with van der Waals surface area (Å²) in [5, 5.41) is 0. The van der Waals surface area contributed by atoms with Crippen molar-refractivity contribution in [3.63, 3.8) is 0 Å². The Bertz CT molecular complexity index is 785. The first-order chi connectivity index (χ1) is 10.8. The third-order valence-electron chi connectivity index (χ3n) is 3.82. The van der Waals surface area contributed by atoms with Crippen LogP contribution in [0.1, 0.15) is 5.56 Å². The molecule has 0 N–H and O–H groups in total. The molecule has 0 aromatic heterocycles. The van der Waals surface area contributed by atoms with Crippen molar-refractivity contribution < 1.29 is 0 Å². The summed E-state index contributed by atoms with van der Waals surface area (Å²) in [4.78, 5) is 5.08. The molecule has 0 bridgehead atoms. The van der Waals surface area contributed by atoms with Crippen LogP contribution in [0.5, 0.6) is 0 Å². The summed E-state index contributed by atoms with van der Waals surface area (Å²) < 4.78 is 1.31. The highest BCUT2D eigenvalue weighted by Crippen LogP contribution is 2.48. The van der Waals surface area contributed by atoms with Crippen LogP contribution in [-0.4, -0.2) is 0 Å². The number of para-hydroxylation sites is 2. The van der Waals surface area contributed by atoms with Crippen molar-refractivity contribution in [2.24, 2.45) is 0 Å². The van der Waals surface area contributed by atoms with Crippen molar-refractivity contribution >= 4 is 45.7 Å². The van der Waals surface area contributed by atoms with Gasteiger partial charge in [0.25, 0.3) is 0 Å². The molecule has 1 aliphatic heterocycles. The lowest BCUT2D eigenvalue weighted by atomic mass is 10.1. The second-order valence-electron chi connectivity index (χ2n) is 5.22. The minimum absolute atomic E-state index is 0.897. The van der Waals surface area contributed by atoms with Crippen molar-refractivity contribution in [1.82, 2.24) is 0 Å². The Kier molecular flexibility index (Phi) is 3.84. The number of hydrogen-bond donors (Lipinski definition) is 0. The molecular formula is C19H14INS. The number of fused-ring (bicyclic) bond motifs is 2. The molecule has 0 aliphatic carbocycles. The molecule has 0 spiro atoms. The molecule has 0 radical (unpaired) electrons. The third kappa shape index (κ3) is 2.52. The lowest BCUT2D eigenvalue weighted by Crippen LogP contribution is -2.20. The summed E-state index contributed by atoms with van der Waals surface area (Å²) in [5.74, 6) is 0. The van der Waals surface area contributed by atoms with Crippen molar-refractivity contribution in [3.8, 4) is 0 Å². The second-order valence-corrected chi connectivity index (χ2v) is 7.46. The first-order valence-corrected chi connectivity index (χ1v) is 9.09. The van der Waals surface area contributed by atoms with E-state index in [1.807, 2.05) is 11.8 Å². The Balaban J connectivity index is 1.83. The lowest BCUT2D eigenvalue weighted by molar-refractivity contribution is 0.933. The molecule has 108 valence electrons. The van der Waals surface area contributed by atoms with Crippen LogP contribution in [0.15, 0.2) is 82.6 Å². The highest BCUT2D eigenvalue weighted by Gasteiger charge is 2.23. The second kappa shape index (κ2) is 5.97. The number of rotatable bonds is 2. The van der Waals surface area contributed by atoms with Crippen LogP contribution in [0, 0.1) is 3.57 Å². The normalized spacial score (nSPS) is 12.7. The van der Waals surface area contributed by atoms with Crippen molar-refractivity contribution in [2.75, 3.05) is 4.90 Å². The van der Waals surface area contributed by atoms with Gasteiger partial charge in [0.2, 0.25) is 0 Å².